The van der Waals surface area contributed by atoms with Crippen LogP contribution in [0.2, 0.25) is 0 Å². The van der Waals surface area contributed by atoms with E-state index < -0.39 is 73.7 Å². The van der Waals surface area contributed by atoms with E-state index in [1.807, 2.05) is 0 Å². The fourth-order valence-electron chi connectivity index (χ4n) is 6.17. The van der Waals surface area contributed by atoms with Gasteiger partial charge in [-0.25, -0.2) is 19.9 Å². The minimum absolute atomic E-state index is 0.149. The van der Waals surface area contributed by atoms with Crippen molar-refractivity contribution in [3.63, 3.8) is 0 Å². The molecule has 0 bridgehead atoms. The summed E-state index contributed by atoms with van der Waals surface area (Å²) in [6.45, 7) is 1.30. The minimum atomic E-state index is -1.19. The standard InChI is InChI=1S/2C12H8N2O4S.2C11H10N2O4S/c1-2-7-11-6(3-4-19-11)10(17)9(14-7)12(18)13-5-8(15)16;1-2-7-6-3-4-19-11(6)10(17)9(14-7)12(18)13-5-8(15)16;1-5-10-6(2-3-18-10)9(16)8(13-5)11(17)12-4-7(14)15;1-5-6-2-3-18-10(6)9(16)8(13-5)11(17)12-4-7(14)15/h2*1,3-4,17H,5H2,(H,13,18)(H,15,16);2*2-3,16H,4H2,1H3,(H,12,17)(H,14,15). The van der Waals surface area contributed by atoms with Crippen LogP contribution in [0.3, 0.4) is 0 Å². The van der Waals surface area contributed by atoms with Gasteiger partial charge in [-0.15, -0.1) is 58.2 Å². The molecular weight excluding hydrogens is 1050 g/mol. The Morgan fingerprint density at radius 3 is 1.18 bits per heavy atom. The van der Waals surface area contributed by atoms with Crippen molar-refractivity contribution in [2.24, 2.45) is 0 Å². The van der Waals surface area contributed by atoms with Gasteiger partial charge in [0.05, 0.1) is 24.5 Å². The molecule has 0 radical (unpaired) electrons. The van der Waals surface area contributed by atoms with Gasteiger partial charge in [-0.2, -0.15) is 0 Å². The highest BCUT2D eigenvalue weighted by Crippen LogP contribution is 2.36. The summed E-state index contributed by atoms with van der Waals surface area (Å²) in [5, 5.41) is 91.7. The summed E-state index contributed by atoms with van der Waals surface area (Å²) in [6.07, 6.45) is 10.6. The fourth-order valence-corrected chi connectivity index (χ4v) is 9.60. The zero-order chi connectivity index (χ0) is 54.6. The quantitative estimate of drug-likeness (QED) is 0.0773. The van der Waals surface area contributed by atoms with E-state index in [-0.39, 0.29) is 57.2 Å². The van der Waals surface area contributed by atoms with Crippen molar-refractivity contribution >= 4 is 133 Å². The number of terminal acetylenes is 2. The van der Waals surface area contributed by atoms with Gasteiger partial charge >= 0.3 is 23.9 Å². The lowest BCUT2D eigenvalue weighted by Gasteiger charge is -2.06. The third-order valence-electron chi connectivity index (χ3n) is 9.43. The van der Waals surface area contributed by atoms with Crippen LogP contribution >= 0.6 is 45.3 Å². The molecule has 0 aromatic carbocycles. The normalized spacial score (nSPS) is 10.3. The Balaban J connectivity index is 0.000000183. The molecule has 28 heteroatoms. The molecule has 12 N–H and O–H groups in total. The first-order valence-corrected chi connectivity index (χ1v) is 23.9. The van der Waals surface area contributed by atoms with Crippen molar-refractivity contribution in [3.05, 3.63) is 91.3 Å². The molecule has 4 amide bonds. The Morgan fingerprint density at radius 1 is 0.432 bits per heavy atom. The number of aryl methyl sites for hydroxylation is 2. The summed E-state index contributed by atoms with van der Waals surface area (Å²) in [7, 11) is 0. The maximum Gasteiger partial charge on any atom is 0.322 e. The number of pyridine rings is 4. The number of hydrogen-bond acceptors (Lipinski definition) is 20. The van der Waals surface area contributed by atoms with Crippen molar-refractivity contribution in [2.75, 3.05) is 26.2 Å². The van der Waals surface area contributed by atoms with Crippen LogP contribution in [-0.4, -0.2) is 134 Å². The first kappa shape index (κ1) is 55.4. The van der Waals surface area contributed by atoms with E-state index >= 15 is 0 Å². The number of nitrogens with zero attached hydrogens (tertiary/aromatic N) is 4. The number of carbonyl (C=O) groups excluding carboxylic acids is 4. The van der Waals surface area contributed by atoms with E-state index in [2.05, 4.69) is 53.0 Å². The van der Waals surface area contributed by atoms with Crippen LogP contribution in [0, 0.1) is 38.5 Å². The molecule has 24 nitrogen and oxygen atoms in total. The van der Waals surface area contributed by atoms with Gasteiger partial charge in [-0.1, -0.05) is 0 Å². The number of aromatic hydroxyl groups is 4. The van der Waals surface area contributed by atoms with E-state index in [4.69, 9.17) is 33.3 Å². The zero-order valence-corrected chi connectivity index (χ0v) is 41.1. The number of carboxylic acids is 4. The Kier molecular flexibility index (Phi) is 18.4. The number of carboxylic acid groups (broad SMARTS) is 4. The maximum atomic E-state index is 11.7. The third kappa shape index (κ3) is 13.1. The van der Waals surface area contributed by atoms with Crippen LogP contribution in [0.1, 0.15) is 64.7 Å². The van der Waals surface area contributed by atoms with Gasteiger partial charge in [-0.05, 0) is 71.5 Å². The molecule has 8 aromatic heterocycles. The van der Waals surface area contributed by atoms with Gasteiger partial charge < -0.3 is 62.1 Å². The number of aromatic nitrogens is 4. The smallest absolute Gasteiger partial charge is 0.322 e. The summed E-state index contributed by atoms with van der Waals surface area (Å²) < 4.78 is 2.43. The van der Waals surface area contributed by atoms with Crippen LogP contribution < -0.4 is 21.3 Å². The van der Waals surface area contributed by atoms with Gasteiger partial charge in [0.25, 0.3) is 23.6 Å². The molecule has 8 heterocycles. The fraction of sp³-hybridized carbons (Fsp3) is 0.130. The monoisotopic (exact) mass is 1080 g/mol. The molecule has 8 aromatic rings. The average Bonchev–Trinajstić information content (AvgIpc) is 4.22. The topological polar surface area (TPSA) is 398 Å². The van der Waals surface area contributed by atoms with Gasteiger partial charge in [0.2, 0.25) is 0 Å². The second kappa shape index (κ2) is 24.6. The van der Waals surface area contributed by atoms with Gasteiger partial charge in [0.1, 0.15) is 37.6 Å². The van der Waals surface area contributed by atoms with Crippen LogP contribution in [0.25, 0.3) is 40.3 Å². The van der Waals surface area contributed by atoms with Crippen molar-refractivity contribution < 1.29 is 79.2 Å². The lowest BCUT2D eigenvalue weighted by atomic mass is 10.2. The number of rotatable bonds is 12. The van der Waals surface area contributed by atoms with E-state index in [0.29, 0.717) is 41.6 Å². The maximum absolute atomic E-state index is 11.7. The Bertz CT molecular complexity index is 3410. The number of carbonyl (C=O) groups is 8. The van der Waals surface area contributed by atoms with Crippen LogP contribution in [0.15, 0.2) is 45.8 Å². The largest absolute Gasteiger partial charge is 0.505 e. The highest BCUT2D eigenvalue weighted by Gasteiger charge is 2.23. The second-order valence-electron chi connectivity index (χ2n) is 14.4. The van der Waals surface area contributed by atoms with Crippen molar-refractivity contribution in [1.29, 1.82) is 0 Å². The molecular formula is C46H36N8O16S4. The molecule has 0 aliphatic heterocycles. The van der Waals surface area contributed by atoms with E-state index in [1.54, 1.807) is 59.6 Å². The number of amides is 4. The molecule has 0 atom stereocenters. The van der Waals surface area contributed by atoms with Crippen molar-refractivity contribution in [3.8, 4) is 47.7 Å². The summed E-state index contributed by atoms with van der Waals surface area (Å²) in [5.41, 5.74) is 0.855. The van der Waals surface area contributed by atoms with Gasteiger partial charge in [-0.3, -0.25) is 38.4 Å². The lowest BCUT2D eigenvalue weighted by molar-refractivity contribution is -0.136. The molecule has 0 aliphatic carbocycles. The lowest BCUT2D eigenvalue weighted by Crippen LogP contribution is -2.30. The number of thiophene rings is 4. The highest BCUT2D eigenvalue weighted by molar-refractivity contribution is 7.18. The SMILES string of the molecule is C#Cc1nc(C(=O)NCC(=O)O)c(O)c2ccsc12.C#Cc1nc(C(=O)NCC(=O)O)c(O)c2sccc12.Cc1nc(C(=O)NCC(=O)O)c(O)c2ccsc12.Cc1nc(C(=O)NCC(=O)O)c(O)c2sccc12. The third-order valence-corrected chi connectivity index (χ3v) is 13.2. The van der Waals surface area contributed by atoms with Crippen LogP contribution in [0.4, 0.5) is 0 Å². The summed E-state index contributed by atoms with van der Waals surface area (Å²) in [5.74, 6) is -4.05. The Hall–Kier alpha value is -9.48. The van der Waals surface area contributed by atoms with Crippen molar-refractivity contribution in [2.45, 2.75) is 13.8 Å². The zero-order valence-electron chi connectivity index (χ0n) is 37.9. The van der Waals surface area contributed by atoms with Crippen molar-refractivity contribution in [1.82, 2.24) is 41.2 Å². The molecule has 74 heavy (non-hydrogen) atoms. The average molecular weight is 1090 g/mol. The predicted octanol–water partition coefficient (Wildman–Crippen LogP) is 3.84. The van der Waals surface area contributed by atoms with Gasteiger partial charge in [0.15, 0.2) is 45.8 Å². The molecule has 0 saturated carbocycles. The first-order chi connectivity index (χ1) is 35.1. The molecule has 0 saturated heterocycles. The van der Waals surface area contributed by atoms with E-state index in [9.17, 15) is 58.8 Å². The number of hydrogen-bond donors (Lipinski definition) is 12. The van der Waals surface area contributed by atoms with E-state index in [0.717, 1.165) is 10.1 Å². The molecule has 0 unspecified atom stereocenters. The Labute approximate surface area is 430 Å². The Morgan fingerprint density at radius 2 is 0.743 bits per heavy atom. The molecule has 0 spiro atoms. The van der Waals surface area contributed by atoms with E-state index in [1.165, 1.54) is 45.3 Å². The number of fused-ring (bicyclic) bond motifs is 4. The molecule has 0 fully saturated rings. The summed E-state index contributed by atoms with van der Waals surface area (Å²) >= 11 is 5.23. The molecule has 380 valence electrons. The summed E-state index contributed by atoms with van der Waals surface area (Å²) in [6, 6.07) is 6.81. The minimum Gasteiger partial charge on any atom is -0.505 e. The first-order valence-electron chi connectivity index (χ1n) is 20.4. The summed E-state index contributed by atoms with van der Waals surface area (Å²) in [4.78, 5) is 104. The second-order valence-corrected chi connectivity index (χ2v) is 18.0. The number of aliphatic carboxylic acids is 4. The molecule has 0 aliphatic rings. The number of nitrogens with one attached hydrogen (secondary N) is 4. The predicted molar refractivity (Wildman–Crippen MR) is 270 cm³/mol. The highest BCUT2D eigenvalue weighted by atomic mass is 32.1. The van der Waals surface area contributed by atoms with Gasteiger partial charge in [0, 0.05) is 27.2 Å². The van der Waals surface area contributed by atoms with Crippen LogP contribution in [-0.2, 0) is 19.2 Å². The van der Waals surface area contributed by atoms with Crippen LogP contribution in [0.5, 0.6) is 23.0 Å². The molecule has 8 rings (SSSR count).